The van der Waals surface area contributed by atoms with E-state index >= 15 is 0 Å². The van der Waals surface area contributed by atoms with Crippen molar-refractivity contribution in [1.82, 2.24) is 0 Å². The second-order valence-electron chi connectivity index (χ2n) is 4.09. The van der Waals surface area contributed by atoms with Crippen LogP contribution >= 0.6 is 15.9 Å². The highest BCUT2D eigenvalue weighted by Gasteiger charge is 2.08. The molecule has 2 aromatic carbocycles. The first-order valence-electron chi connectivity index (χ1n) is 5.85. The zero-order chi connectivity index (χ0) is 14.5. The molecular weight excluding hydrogens is 338 g/mol. The third-order valence-corrected chi connectivity index (χ3v) is 4.68. The second-order valence-corrected chi connectivity index (χ2v) is 6.46. The fourth-order valence-electron chi connectivity index (χ4n) is 1.74. The zero-order valence-electron chi connectivity index (χ0n) is 10.8. The van der Waals surface area contributed by atoms with Crippen LogP contribution < -0.4 is 4.74 Å². The van der Waals surface area contributed by atoms with Gasteiger partial charge in [-0.25, -0.2) is 0 Å². The molecule has 0 amide bonds. The van der Waals surface area contributed by atoms with Crippen molar-refractivity contribution in [1.29, 1.82) is 5.26 Å². The SMILES string of the molecule is COc1cc(CS(=O)c2ccc(Br)cc2)ccc1C#N. The number of methoxy groups -OCH3 is 1. The Kier molecular flexibility index (Phi) is 4.94. The molecule has 20 heavy (non-hydrogen) atoms. The first-order valence-corrected chi connectivity index (χ1v) is 7.96. The molecule has 0 saturated heterocycles. The van der Waals surface area contributed by atoms with Gasteiger partial charge in [0.25, 0.3) is 0 Å². The van der Waals surface area contributed by atoms with E-state index in [4.69, 9.17) is 10.00 Å². The molecule has 0 aliphatic carbocycles. The third kappa shape index (κ3) is 3.47. The van der Waals surface area contributed by atoms with E-state index in [1.807, 2.05) is 24.3 Å². The smallest absolute Gasteiger partial charge is 0.136 e. The van der Waals surface area contributed by atoms with Crippen LogP contribution in [0.4, 0.5) is 0 Å². The third-order valence-electron chi connectivity index (χ3n) is 2.76. The minimum atomic E-state index is -1.12. The van der Waals surface area contributed by atoms with Gasteiger partial charge in [-0.2, -0.15) is 5.26 Å². The van der Waals surface area contributed by atoms with Crippen molar-refractivity contribution < 1.29 is 8.95 Å². The maximum Gasteiger partial charge on any atom is 0.136 e. The van der Waals surface area contributed by atoms with Crippen molar-refractivity contribution in [3.05, 3.63) is 58.1 Å². The molecule has 0 aromatic heterocycles. The molecule has 0 aliphatic heterocycles. The lowest BCUT2D eigenvalue weighted by Gasteiger charge is -2.07. The van der Waals surface area contributed by atoms with Crippen LogP contribution in [0.1, 0.15) is 11.1 Å². The van der Waals surface area contributed by atoms with Crippen LogP contribution in [0.15, 0.2) is 51.8 Å². The van der Waals surface area contributed by atoms with Crippen LogP contribution in [0.3, 0.4) is 0 Å². The molecule has 0 aliphatic rings. The van der Waals surface area contributed by atoms with E-state index in [2.05, 4.69) is 22.0 Å². The lowest BCUT2D eigenvalue weighted by Crippen LogP contribution is -1.98. The first-order chi connectivity index (χ1) is 9.63. The van der Waals surface area contributed by atoms with Gasteiger partial charge in [-0.3, -0.25) is 4.21 Å². The molecule has 0 spiro atoms. The maximum absolute atomic E-state index is 12.3. The van der Waals surface area contributed by atoms with E-state index in [0.717, 1.165) is 14.9 Å². The predicted octanol–water partition coefficient (Wildman–Crippen LogP) is 3.64. The van der Waals surface area contributed by atoms with Crippen LogP contribution in [0.5, 0.6) is 5.75 Å². The van der Waals surface area contributed by atoms with Gasteiger partial charge in [0.15, 0.2) is 0 Å². The minimum Gasteiger partial charge on any atom is -0.495 e. The molecule has 0 bridgehead atoms. The average molecular weight is 350 g/mol. The Morgan fingerprint density at radius 2 is 1.95 bits per heavy atom. The van der Waals surface area contributed by atoms with Crippen molar-refractivity contribution in [3.63, 3.8) is 0 Å². The minimum absolute atomic E-state index is 0.393. The molecule has 0 saturated carbocycles. The van der Waals surface area contributed by atoms with Gasteiger partial charge in [-0.05, 0) is 42.0 Å². The highest BCUT2D eigenvalue weighted by molar-refractivity contribution is 9.10. The maximum atomic E-state index is 12.3. The molecule has 102 valence electrons. The topological polar surface area (TPSA) is 50.1 Å². The molecule has 3 nitrogen and oxygen atoms in total. The van der Waals surface area contributed by atoms with Gasteiger partial charge in [-0.15, -0.1) is 0 Å². The molecule has 0 fully saturated rings. The number of rotatable bonds is 4. The number of hydrogen-bond acceptors (Lipinski definition) is 3. The van der Waals surface area contributed by atoms with Gasteiger partial charge in [0.1, 0.15) is 11.8 Å². The predicted molar refractivity (Wildman–Crippen MR) is 82.0 cm³/mol. The summed E-state index contributed by atoms with van der Waals surface area (Å²) in [5.41, 5.74) is 1.35. The summed E-state index contributed by atoms with van der Waals surface area (Å²) < 4.78 is 18.4. The Labute approximate surface area is 128 Å². The zero-order valence-corrected chi connectivity index (χ0v) is 13.2. The Morgan fingerprint density at radius 1 is 1.25 bits per heavy atom. The van der Waals surface area contributed by atoms with Crippen molar-refractivity contribution in [2.45, 2.75) is 10.6 Å². The fraction of sp³-hybridized carbons (Fsp3) is 0.133. The van der Waals surface area contributed by atoms with E-state index < -0.39 is 10.8 Å². The van der Waals surface area contributed by atoms with Crippen LogP contribution in [0.2, 0.25) is 0 Å². The summed E-state index contributed by atoms with van der Waals surface area (Å²) in [5.74, 6) is 0.904. The van der Waals surface area contributed by atoms with Crippen molar-refractivity contribution >= 4 is 26.7 Å². The van der Waals surface area contributed by atoms with Gasteiger partial charge in [0, 0.05) is 9.37 Å². The fourth-order valence-corrected chi connectivity index (χ4v) is 3.09. The van der Waals surface area contributed by atoms with Gasteiger partial charge >= 0.3 is 0 Å². The Morgan fingerprint density at radius 3 is 2.55 bits per heavy atom. The van der Waals surface area contributed by atoms with E-state index in [1.165, 1.54) is 7.11 Å². The van der Waals surface area contributed by atoms with Gasteiger partial charge in [0.2, 0.25) is 0 Å². The molecule has 0 radical (unpaired) electrons. The van der Waals surface area contributed by atoms with E-state index in [1.54, 1.807) is 18.2 Å². The van der Waals surface area contributed by atoms with Crippen LogP contribution in [-0.2, 0) is 16.6 Å². The number of hydrogen-bond donors (Lipinski definition) is 0. The standard InChI is InChI=1S/C15H12BrNO2S/c1-19-15-8-11(2-3-12(15)9-17)10-20(18)14-6-4-13(16)5-7-14/h2-8H,10H2,1H3. The van der Waals surface area contributed by atoms with Gasteiger partial charge < -0.3 is 4.74 Å². The Bertz CT molecular complexity index is 677. The summed E-state index contributed by atoms with van der Waals surface area (Å²) in [6.07, 6.45) is 0. The normalized spacial score (nSPS) is 11.7. The van der Waals surface area contributed by atoms with Crippen molar-refractivity contribution in [2.24, 2.45) is 0 Å². The molecule has 5 heteroatoms. The molecule has 0 N–H and O–H groups in total. The number of halogens is 1. The molecular formula is C15H12BrNO2S. The van der Waals surface area contributed by atoms with Gasteiger partial charge in [0.05, 0.1) is 29.2 Å². The molecule has 2 rings (SSSR count). The lowest BCUT2D eigenvalue weighted by atomic mass is 10.1. The summed E-state index contributed by atoms with van der Waals surface area (Å²) in [6.45, 7) is 0. The van der Waals surface area contributed by atoms with E-state index in [0.29, 0.717) is 17.1 Å². The number of nitriles is 1. The average Bonchev–Trinajstić information content (AvgIpc) is 2.47. The number of benzene rings is 2. The molecule has 2 aromatic rings. The second kappa shape index (κ2) is 6.69. The first kappa shape index (κ1) is 14.8. The van der Waals surface area contributed by atoms with E-state index in [9.17, 15) is 4.21 Å². The largest absolute Gasteiger partial charge is 0.495 e. The Hall–Kier alpha value is -1.64. The van der Waals surface area contributed by atoms with Crippen LogP contribution in [0.25, 0.3) is 0 Å². The monoisotopic (exact) mass is 349 g/mol. The molecule has 1 atom stereocenters. The summed E-state index contributed by atoms with van der Waals surface area (Å²) in [5, 5.41) is 8.93. The molecule has 1 unspecified atom stereocenters. The highest BCUT2D eigenvalue weighted by Crippen LogP contribution is 2.22. The van der Waals surface area contributed by atoms with Crippen molar-refractivity contribution in [2.75, 3.05) is 7.11 Å². The number of ether oxygens (including phenoxy) is 1. The summed E-state index contributed by atoms with van der Waals surface area (Å²) in [6, 6.07) is 14.7. The summed E-state index contributed by atoms with van der Waals surface area (Å²) in [7, 11) is 0.399. The summed E-state index contributed by atoms with van der Waals surface area (Å²) >= 11 is 3.35. The van der Waals surface area contributed by atoms with Crippen LogP contribution in [0, 0.1) is 11.3 Å². The number of nitrogens with zero attached hydrogens (tertiary/aromatic N) is 1. The Balaban J connectivity index is 2.20. The van der Waals surface area contributed by atoms with Crippen molar-refractivity contribution in [3.8, 4) is 11.8 Å². The molecule has 0 heterocycles. The lowest BCUT2D eigenvalue weighted by molar-refractivity contribution is 0.413. The quantitative estimate of drug-likeness (QED) is 0.846. The van der Waals surface area contributed by atoms with E-state index in [-0.39, 0.29) is 0 Å². The van der Waals surface area contributed by atoms with Gasteiger partial charge in [-0.1, -0.05) is 22.0 Å². The van der Waals surface area contributed by atoms with Crippen LogP contribution in [-0.4, -0.2) is 11.3 Å². The highest BCUT2D eigenvalue weighted by atomic mass is 79.9. The summed E-state index contributed by atoms with van der Waals surface area (Å²) in [4.78, 5) is 0.775.